The SMILES string of the molecule is COc1ccc(C(=O)OCC(=O)NC(C)C)cc1S(=O)(=O)N(C)OC. The van der Waals surface area contributed by atoms with Crippen molar-refractivity contribution in [2.75, 3.05) is 27.9 Å². The number of carbonyl (C=O) groups excluding carboxylic acids is 2. The van der Waals surface area contributed by atoms with Gasteiger partial charge in [-0.2, -0.15) is 0 Å². The lowest BCUT2D eigenvalue weighted by molar-refractivity contribution is -0.124. The fourth-order valence-corrected chi connectivity index (χ4v) is 2.97. The highest BCUT2D eigenvalue weighted by molar-refractivity contribution is 7.89. The molecule has 1 amide bonds. The number of hydrogen-bond acceptors (Lipinski definition) is 7. The highest BCUT2D eigenvalue weighted by Crippen LogP contribution is 2.27. The van der Waals surface area contributed by atoms with Gasteiger partial charge in [-0.15, -0.1) is 0 Å². The van der Waals surface area contributed by atoms with Crippen molar-refractivity contribution in [3.8, 4) is 5.75 Å². The number of nitrogens with zero attached hydrogens (tertiary/aromatic N) is 1. The Morgan fingerprint density at radius 3 is 2.40 bits per heavy atom. The summed E-state index contributed by atoms with van der Waals surface area (Å²) in [6.45, 7) is 3.07. The maximum Gasteiger partial charge on any atom is 0.338 e. The van der Waals surface area contributed by atoms with Crippen LogP contribution < -0.4 is 10.1 Å². The second kappa shape index (κ2) is 8.79. The molecule has 0 aliphatic rings. The van der Waals surface area contributed by atoms with Crippen LogP contribution >= 0.6 is 0 Å². The lowest BCUT2D eigenvalue weighted by Gasteiger charge is -2.17. The Morgan fingerprint density at radius 2 is 1.88 bits per heavy atom. The zero-order chi connectivity index (χ0) is 19.2. The fraction of sp³-hybridized carbons (Fsp3) is 0.467. The average Bonchev–Trinajstić information content (AvgIpc) is 2.57. The molecule has 0 unspecified atom stereocenters. The van der Waals surface area contributed by atoms with Crippen molar-refractivity contribution >= 4 is 21.9 Å². The number of hydroxylamine groups is 1. The largest absolute Gasteiger partial charge is 0.495 e. The standard InChI is InChI=1S/C15H22N2O7S/c1-10(2)16-14(18)9-24-15(19)11-6-7-12(22-4)13(8-11)25(20,21)17(3)23-5/h6-8,10H,9H2,1-5H3,(H,16,18). The summed E-state index contributed by atoms with van der Waals surface area (Å²) in [4.78, 5) is 28.0. The second-order valence-electron chi connectivity index (χ2n) is 5.26. The van der Waals surface area contributed by atoms with Crippen molar-refractivity contribution in [1.82, 2.24) is 9.79 Å². The van der Waals surface area contributed by atoms with Crippen molar-refractivity contribution in [2.45, 2.75) is 24.8 Å². The quantitative estimate of drug-likeness (QED) is 0.523. The molecule has 25 heavy (non-hydrogen) atoms. The monoisotopic (exact) mass is 374 g/mol. The van der Waals surface area contributed by atoms with E-state index in [2.05, 4.69) is 5.32 Å². The number of nitrogens with one attached hydrogen (secondary N) is 1. The van der Waals surface area contributed by atoms with Crippen LogP contribution in [-0.4, -0.2) is 58.7 Å². The number of hydrogen-bond donors (Lipinski definition) is 1. The number of amides is 1. The van der Waals surface area contributed by atoms with Crippen LogP contribution in [0.4, 0.5) is 0 Å². The molecule has 0 saturated carbocycles. The molecule has 1 N–H and O–H groups in total. The van der Waals surface area contributed by atoms with Gasteiger partial charge in [-0.05, 0) is 32.0 Å². The molecule has 0 aliphatic heterocycles. The highest BCUT2D eigenvalue weighted by atomic mass is 32.2. The predicted octanol–water partition coefficient (Wildman–Crippen LogP) is 0.558. The summed E-state index contributed by atoms with van der Waals surface area (Å²) < 4.78 is 35.4. The van der Waals surface area contributed by atoms with Crippen LogP contribution in [0, 0.1) is 0 Å². The number of ether oxygens (including phenoxy) is 2. The molecule has 0 aromatic heterocycles. The molecule has 0 spiro atoms. The third-order valence-electron chi connectivity index (χ3n) is 3.06. The van der Waals surface area contributed by atoms with Crippen molar-refractivity contribution in [1.29, 1.82) is 0 Å². The zero-order valence-corrected chi connectivity index (χ0v) is 15.5. The van der Waals surface area contributed by atoms with Crippen molar-refractivity contribution in [3.63, 3.8) is 0 Å². The highest BCUT2D eigenvalue weighted by Gasteiger charge is 2.27. The van der Waals surface area contributed by atoms with E-state index in [-0.39, 0.29) is 22.3 Å². The van der Waals surface area contributed by atoms with Gasteiger partial charge < -0.3 is 14.8 Å². The Balaban J connectivity index is 3.05. The maximum absolute atomic E-state index is 12.4. The van der Waals surface area contributed by atoms with Gasteiger partial charge in [-0.1, -0.05) is 4.47 Å². The molecular formula is C15H22N2O7S. The predicted molar refractivity (Wildman–Crippen MR) is 88.5 cm³/mol. The molecule has 0 radical (unpaired) electrons. The van der Waals surface area contributed by atoms with Crippen LogP contribution in [0.15, 0.2) is 23.1 Å². The van der Waals surface area contributed by atoms with Gasteiger partial charge in [0.15, 0.2) is 6.61 Å². The average molecular weight is 374 g/mol. The number of methoxy groups -OCH3 is 1. The number of esters is 1. The van der Waals surface area contributed by atoms with Gasteiger partial charge in [0.25, 0.3) is 15.9 Å². The molecule has 0 saturated heterocycles. The van der Waals surface area contributed by atoms with Crippen LogP contribution in [-0.2, 0) is 24.4 Å². The summed E-state index contributed by atoms with van der Waals surface area (Å²) in [6, 6.07) is 3.68. The van der Waals surface area contributed by atoms with E-state index >= 15 is 0 Å². The summed E-state index contributed by atoms with van der Waals surface area (Å²) in [5.74, 6) is -1.25. The van der Waals surface area contributed by atoms with Gasteiger partial charge in [0.1, 0.15) is 10.6 Å². The summed E-state index contributed by atoms with van der Waals surface area (Å²) in [6.07, 6.45) is 0. The molecule has 0 heterocycles. The fourth-order valence-electron chi connectivity index (χ4n) is 1.82. The minimum Gasteiger partial charge on any atom is -0.495 e. The van der Waals surface area contributed by atoms with Gasteiger partial charge in [0.2, 0.25) is 0 Å². The number of rotatable bonds is 8. The van der Waals surface area contributed by atoms with E-state index in [4.69, 9.17) is 14.3 Å². The summed E-state index contributed by atoms with van der Waals surface area (Å²) >= 11 is 0. The molecule has 1 aromatic rings. The van der Waals surface area contributed by atoms with Crippen LogP contribution in [0.2, 0.25) is 0 Å². The Hall–Kier alpha value is -2.17. The zero-order valence-electron chi connectivity index (χ0n) is 14.7. The molecule has 1 aromatic carbocycles. The van der Waals surface area contributed by atoms with E-state index < -0.39 is 28.5 Å². The molecule has 1 rings (SSSR count). The third kappa shape index (κ3) is 5.41. The van der Waals surface area contributed by atoms with E-state index in [1.54, 1.807) is 13.8 Å². The van der Waals surface area contributed by atoms with E-state index in [0.717, 1.165) is 6.07 Å². The molecule has 0 bridgehead atoms. The minimum absolute atomic E-state index is 0.0398. The smallest absolute Gasteiger partial charge is 0.338 e. The lowest BCUT2D eigenvalue weighted by Crippen LogP contribution is -2.34. The molecule has 9 nitrogen and oxygen atoms in total. The second-order valence-corrected chi connectivity index (χ2v) is 7.17. The first-order chi connectivity index (χ1) is 11.6. The Labute approximate surface area is 146 Å². The molecule has 0 aliphatic carbocycles. The van der Waals surface area contributed by atoms with Gasteiger partial charge in [-0.25, -0.2) is 13.2 Å². The molecule has 0 atom stereocenters. The van der Waals surface area contributed by atoms with Crippen LogP contribution in [0.25, 0.3) is 0 Å². The number of sulfonamides is 1. The minimum atomic E-state index is -4.04. The van der Waals surface area contributed by atoms with Gasteiger partial charge in [0, 0.05) is 13.1 Å². The first kappa shape index (κ1) is 20.9. The molecular weight excluding hydrogens is 352 g/mol. The summed E-state index contributed by atoms with van der Waals surface area (Å²) in [5.41, 5.74) is -0.0405. The van der Waals surface area contributed by atoms with Crippen LogP contribution in [0.1, 0.15) is 24.2 Å². The topological polar surface area (TPSA) is 111 Å². The Morgan fingerprint density at radius 1 is 1.24 bits per heavy atom. The summed E-state index contributed by atoms with van der Waals surface area (Å²) in [5, 5.41) is 2.57. The van der Waals surface area contributed by atoms with Gasteiger partial charge in [-0.3, -0.25) is 9.63 Å². The van der Waals surface area contributed by atoms with E-state index in [1.807, 2.05) is 0 Å². The summed E-state index contributed by atoms with van der Waals surface area (Å²) in [7, 11) is -0.341. The van der Waals surface area contributed by atoms with Crippen molar-refractivity contribution in [2.24, 2.45) is 0 Å². The molecule has 10 heteroatoms. The maximum atomic E-state index is 12.4. The third-order valence-corrected chi connectivity index (χ3v) is 4.76. The normalized spacial score (nSPS) is 11.5. The van der Waals surface area contributed by atoms with E-state index in [9.17, 15) is 18.0 Å². The lowest BCUT2D eigenvalue weighted by atomic mass is 10.2. The van der Waals surface area contributed by atoms with Crippen LogP contribution in [0.5, 0.6) is 5.75 Å². The Bertz CT molecular complexity index is 731. The van der Waals surface area contributed by atoms with Crippen molar-refractivity contribution < 1.29 is 32.3 Å². The van der Waals surface area contributed by atoms with E-state index in [1.165, 1.54) is 33.4 Å². The Kier molecular flexibility index (Phi) is 7.34. The van der Waals surface area contributed by atoms with E-state index in [0.29, 0.717) is 4.47 Å². The van der Waals surface area contributed by atoms with Gasteiger partial charge in [0.05, 0.1) is 19.8 Å². The first-order valence-corrected chi connectivity index (χ1v) is 8.75. The molecule has 140 valence electrons. The first-order valence-electron chi connectivity index (χ1n) is 7.31. The molecule has 0 fully saturated rings. The van der Waals surface area contributed by atoms with Crippen LogP contribution in [0.3, 0.4) is 0 Å². The van der Waals surface area contributed by atoms with Gasteiger partial charge >= 0.3 is 5.97 Å². The number of benzene rings is 1. The van der Waals surface area contributed by atoms with Crippen molar-refractivity contribution in [3.05, 3.63) is 23.8 Å². The number of carbonyl (C=O) groups is 2.